The predicted molar refractivity (Wildman–Crippen MR) is 198 cm³/mol. The summed E-state index contributed by atoms with van der Waals surface area (Å²) in [6.45, 7) is 4.53. The van der Waals surface area contributed by atoms with Crippen LogP contribution in [0.1, 0.15) is 38.3 Å². The van der Waals surface area contributed by atoms with Crippen LogP contribution in [0.15, 0.2) is 48.5 Å². The van der Waals surface area contributed by atoms with E-state index in [2.05, 4.69) is 30.1 Å². The first-order valence-electron chi connectivity index (χ1n) is 17.5. The van der Waals surface area contributed by atoms with Crippen molar-refractivity contribution in [2.75, 3.05) is 40.4 Å². The molecule has 4 N–H and O–H groups in total. The first-order valence-corrected chi connectivity index (χ1v) is 17.5. The molecule has 6 rings (SSSR count). The standard InChI is InChI=1S/C38H40F2N8O6/c1-5-15-47(31(49)17-41-37(51)53-3)19-29-43-27-13-11-23-25(35(27)45-29)9-7-21(33(23)39)22-8-10-26-24(34(22)40)12-14-28-36(26)46-30(44-28)20-48(16-6-2)32(50)18-42-38(52)54-4/h7-14H,5-6,15-20H2,1-4H3,(H,41,51)(H,42,52)(H,43,45)(H,44,46). The fraction of sp³-hybridized carbons (Fsp3) is 0.316. The lowest BCUT2D eigenvalue weighted by atomic mass is 9.96. The van der Waals surface area contributed by atoms with E-state index in [1.807, 2.05) is 13.8 Å². The van der Waals surface area contributed by atoms with Gasteiger partial charge in [0.25, 0.3) is 0 Å². The van der Waals surface area contributed by atoms with Gasteiger partial charge in [-0.15, -0.1) is 0 Å². The van der Waals surface area contributed by atoms with Crippen LogP contribution in [-0.4, -0.2) is 94.1 Å². The molecule has 0 aliphatic heterocycles. The van der Waals surface area contributed by atoms with Gasteiger partial charge in [0.05, 0.1) is 49.4 Å². The summed E-state index contributed by atoms with van der Waals surface area (Å²) in [5.74, 6) is -0.887. The highest BCUT2D eigenvalue weighted by Gasteiger charge is 2.22. The SMILES string of the molecule is CCCN(Cc1nc2c(ccc3c(F)c(-c4ccc5c(ccc6[nH]c(CN(CCC)C(=O)CNC(=O)OC)nc65)c4F)ccc32)[nH]1)C(=O)CNC(=O)OC. The second kappa shape index (κ2) is 16.1. The number of aromatic nitrogens is 4. The number of rotatable bonds is 13. The minimum Gasteiger partial charge on any atom is -0.453 e. The highest BCUT2D eigenvalue weighted by molar-refractivity contribution is 6.08. The number of carbonyl (C=O) groups is 4. The topological polar surface area (TPSA) is 175 Å². The van der Waals surface area contributed by atoms with E-state index in [0.29, 0.717) is 70.4 Å². The second-order valence-electron chi connectivity index (χ2n) is 12.7. The number of fused-ring (bicyclic) bond motifs is 6. The molecular weight excluding hydrogens is 702 g/mol. The third-order valence-electron chi connectivity index (χ3n) is 9.07. The molecule has 16 heteroatoms. The molecule has 0 spiro atoms. The van der Waals surface area contributed by atoms with Crippen LogP contribution in [0.2, 0.25) is 0 Å². The van der Waals surface area contributed by atoms with E-state index in [1.54, 1.807) is 46.2 Å². The van der Waals surface area contributed by atoms with Crippen LogP contribution in [0.4, 0.5) is 18.4 Å². The Hall–Kier alpha value is -6.32. The van der Waals surface area contributed by atoms with E-state index >= 15 is 8.78 Å². The minimum atomic E-state index is -0.710. The summed E-state index contributed by atoms with van der Waals surface area (Å²) >= 11 is 0. The predicted octanol–water partition coefficient (Wildman–Crippen LogP) is 5.88. The molecule has 6 aromatic rings. The number of benzene rings is 4. The van der Waals surface area contributed by atoms with Crippen LogP contribution < -0.4 is 10.6 Å². The molecule has 282 valence electrons. The van der Waals surface area contributed by atoms with Crippen molar-refractivity contribution < 1.29 is 37.4 Å². The normalized spacial score (nSPS) is 11.3. The number of ether oxygens (including phenoxy) is 2. The summed E-state index contributed by atoms with van der Waals surface area (Å²) < 4.78 is 41.7. The maximum absolute atomic E-state index is 16.3. The average molecular weight is 743 g/mol. The fourth-order valence-corrected chi connectivity index (χ4v) is 6.50. The van der Waals surface area contributed by atoms with Crippen molar-refractivity contribution in [2.45, 2.75) is 39.8 Å². The summed E-state index contributed by atoms with van der Waals surface area (Å²) in [6, 6.07) is 13.1. The zero-order valence-electron chi connectivity index (χ0n) is 30.3. The number of aromatic amines is 2. The Morgan fingerprint density at radius 2 is 1.02 bits per heavy atom. The number of hydrogen-bond donors (Lipinski definition) is 4. The molecule has 0 radical (unpaired) electrons. The van der Waals surface area contributed by atoms with Crippen LogP contribution >= 0.6 is 0 Å². The monoisotopic (exact) mass is 742 g/mol. The third-order valence-corrected chi connectivity index (χ3v) is 9.07. The van der Waals surface area contributed by atoms with E-state index in [0.717, 1.165) is 0 Å². The van der Waals surface area contributed by atoms with Gasteiger partial charge in [-0.1, -0.05) is 38.1 Å². The Balaban J connectivity index is 1.28. The van der Waals surface area contributed by atoms with Gasteiger partial charge in [-0.05, 0) is 37.1 Å². The molecule has 0 aliphatic rings. The molecule has 54 heavy (non-hydrogen) atoms. The number of nitrogens with one attached hydrogen (secondary N) is 4. The van der Waals surface area contributed by atoms with E-state index in [1.165, 1.54) is 26.4 Å². The van der Waals surface area contributed by atoms with Crippen LogP contribution in [0.25, 0.3) is 54.7 Å². The van der Waals surface area contributed by atoms with Crippen LogP contribution in [0.5, 0.6) is 0 Å². The van der Waals surface area contributed by atoms with Gasteiger partial charge in [-0.25, -0.2) is 28.3 Å². The molecule has 14 nitrogen and oxygen atoms in total. The van der Waals surface area contributed by atoms with Gasteiger partial charge in [0.15, 0.2) is 0 Å². The largest absolute Gasteiger partial charge is 0.453 e. The molecule has 2 aromatic heterocycles. The van der Waals surface area contributed by atoms with E-state index < -0.39 is 23.8 Å². The van der Waals surface area contributed by atoms with Crippen molar-refractivity contribution in [2.24, 2.45) is 0 Å². The number of halogens is 2. The van der Waals surface area contributed by atoms with Gasteiger partial charge < -0.3 is 39.9 Å². The highest BCUT2D eigenvalue weighted by atomic mass is 19.1. The fourth-order valence-electron chi connectivity index (χ4n) is 6.50. The van der Waals surface area contributed by atoms with Gasteiger partial charge in [0.2, 0.25) is 11.8 Å². The molecule has 0 saturated carbocycles. The first kappa shape index (κ1) is 37.4. The number of nitrogens with zero attached hydrogens (tertiary/aromatic N) is 4. The Labute approximate surface area is 308 Å². The summed E-state index contributed by atoms with van der Waals surface area (Å²) in [4.78, 5) is 67.5. The van der Waals surface area contributed by atoms with Crippen LogP contribution in [0, 0.1) is 11.6 Å². The quantitative estimate of drug-likeness (QED) is 0.114. The van der Waals surface area contributed by atoms with Crippen molar-refractivity contribution in [3.8, 4) is 11.1 Å². The van der Waals surface area contributed by atoms with Crippen LogP contribution in [0.3, 0.4) is 0 Å². The number of carbonyl (C=O) groups excluding carboxylic acids is 4. The maximum Gasteiger partial charge on any atom is 0.407 e. The Morgan fingerprint density at radius 1 is 0.630 bits per heavy atom. The minimum absolute atomic E-state index is 0.0759. The number of amides is 4. The maximum atomic E-state index is 16.3. The van der Waals surface area contributed by atoms with Crippen molar-refractivity contribution in [1.82, 2.24) is 40.4 Å². The van der Waals surface area contributed by atoms with Gasteiger partial charge in [-0.3, -0.25) is 9.59 Å². The van der Waals surface area contributed by atoms with Gasteiger partial charge in [0.1, 0.15) is 36.4 Å². The molecular formula is C38H40F2N8O6. The van der Waals surface area contributed by atoms with Crippen molar-refractivity contribution in [1.29, 1.82) is 0 Å². The lowest BCUT2D eigenvalue weighted by Crippen LogP contribution is -2.40. The second-order valence-corrected chi connectivity index (χ2v) is 12.7. The van der Waals surface area contributed by atoms with Crippen molar-refractivity contribution in [3.63, 3.8) is 0 Å². The molecule has 0 saturated heterocycles. The zero-order valence-corrected chi connectivity index (χ0v) is 30.3. The zero-order chi connectivity index (χ0) is 38.5. The Kier molecular flexibility index (Phi) is 11.2. The molecule has 4 aromatic carbocycles. The molecule has 4 amide bonds. The molecule has 0 unspecified atom stereocenters. The Morgan fingerprint density at radius 3 is 1.39 bits per heavy atom. The number of hydrogen-bond acceptors (Lipinski definition) is 8. The number of imidazole rings is 2. The first-order chi connectivity index (χ1) is 26.1. The number of alkyl carbamates (subject to hydrolysis) is 2. The number of methoxy groups -OCH3 is 2. The van der Waals surface area contributed by atoms with E-state index in [9.17, 15) is 19.2 Å². The third kappa shape index (κ3) is 7.58. The molecule has 0 atom stereocenters. The lowest BCUT2D eigenvalue weighted by molar-refractivity contribution is -0.131. The molecule has 2 heterocycles. The molecule has 0 aliphatic carbocycles. The summed E-state index contributed by atoms with van der Waals surface area (Å²) in [6.07, 6.45) is -0.0606. The molecule has 0 fully saturated rings. The Bertz CT molecular complexity index is 2230. The van der Waals surface area contributed by atoms with Gasteiger partial charge in [0, 0.05) is 45.8 Å². The molecule has 0 bridgehead atoms. The summed E-state index contributed by atoms with van der Waals surface area (Å²) in [7, 11) is 2.43. The van der Waals surface area contributed by atoms with E-state index in [-0.39, 0.29) is 59.9 Å². The van der Waals surface area contributed by atoms with E-state index in [4.69, 9.17) is 9.97 Å². The highest BCUT2D eigenvalue weighted by Crippen LogP contribution is 2.37. The smallest absolute Gasteiger partial charge is 0.407 e. The summed E-state index contributed by atoms with van der Waals surface area (Å²) in [5.41, 5.74) is 2.43. The van der Waals surface area contributed by atoms with Gasteiger partial charge >= 0.3 is 12.2 Å². The van der Waals surface area contributed by atoms with Gasteiger partial charge in [-0.2, -0.15) is 0 Å². The van der Waals surface area contributed by atoms with Crippen molar-refractivity contribution in [3.05, 3.63) is 71.8 Å². The average Bonchev–Trinajstić information content (AvgIpc) is 3.79. The summed E-state index contributed by atoms with van der Waals surface area (Å²) in [5, 5.41) is 6.32. The number of H-pyrrole nitrogens is 2. The van der Waals surface area contributed by atoms with Crippen LogP contribution in [-0.2, 0) is 32.2 Å². The lowest BCUT2D eigenvalue weighted by Gasteiger charge is -2.21. The van der Waals surface area contributed by atoms with Crippen molar-refractivity contribution >= 4 is 67.6 Å².